The number of nitrogens with zero attached hydrogens (tertiary/aromatic N) is 1. The van der Waals surface area contributed by atoms with Gasteiger partial charge in [0.2, 0.25) is 0 Å². The third kappa shape index (κ3) is 1.83. The van der Waals surface area contributed by atoms with Gasteiger partial charge in [-0.15, -0.1) is 0 Å². The first kappa shape index (κ1) is 11.5. The lowest BCUT2D eigenvalue weighted by molar-refractivity contribution is 0.571. The van der Waals surface area contributed by atoms with Crippen LogP contribution in [0.2, 0.25) is 5.02 Å². The fraction of sp³-hybridized carbons (Fsp3) is 0.385. The molecule has 1 atom stereocenters. The third-order valence-corrected chi connectivity index (χ3v) is 3.05. The number of hydrogen-bond acceptors (Lipinski definition) is 1. The molecule has 16 heavy (non-hydrogen) atoms. The highest BCUT2D eigenvalue weighted by molar-refractivity contribution is 6.31. The second-order valence-corrected chi connectivity index (χ2v) is 4.96. The molecule has 0 aliphatic rings. The average molecular weight is 237 g/mol. The van der Waals surface area contributed by atoms with Crippen LogP contribution in [0.4, 0.5) is 0 Å². The molecule has 0 fully saturated rings. The van der Waals surface area contributed by atoms with Gasteiger partial charge in [0, 0.05) is 33.7 Å². The zero-order valence-electron chi connectivity index (χ0n) is 9.87. The summed E-state index contributed by atoms with van der Waals surface area (Å²) in [5.74, 6) is 0. The van der Waals surface area contributed by atoms with Crippen LogP contribution in [0.5, 0.6) is 0 Å². The first-order chi connectivity index (χ1) is 7.50. The fourth-order valence-electron chi connectivity index (χ4n) is 2.14. The van der Waals surface area contributed by atoms with Crippen molar-refractivity contribution in [1.82, 2.24) is 4.57 Å². The summed E-state index contributed by atoms with van der Waals surface area (Å²) in [6.07, 6.45) is 0. The summed E-state index contributed by atoms with van der Waals surface area (Å²) in [6, 6.07) is 8.53. The lowest BCUT2D eigenvalue weighted by Crippen LogP contribution is -2.13. The van der Waals surface area contributed by atoms with Crippen LogP contribution in [0.1, 0.15) is 38.5 Å². The van der Waals surface area contributed by atoms with E-state index in [-0.39, 0.29) is 6.04 Å². The number of halogens is 1. The molecule has 1 aromatic heterocycles. The third-order valence-electron chi connectivity index (χ3n) is 2.82. The number of benzene rings is 1. The van der Waals surface area contributed by atoms with Crippen LogP contribution in [0.25, 0.3) is 10.9 Å². The van der Waals surface area contributed by atoms with Gasteiger partial charge in [-0.25, -0.2) is 0 Å². The second-order valence-electron chi connectivity index (χ2n) is 4.52. The minimum Gasteiger partial charge on any atom is -0.340 e. The van der Waals surface area contributed by atoms with Gasteiger partial charge >= 0.3 is 0 Å². The van der Waals surface area contributed by atoms with E-state index in [1.165, 1.54) is 5.39 Å². The van der Waals surface area contributed by atoms with Gasteiger partial charge < -0.3 is 10.3 Å². The summed E-state index contributed by atoms with van der Waals surface area (Å²) in [4.78, 5) is 0. The molecule has 3 heteroatoms. The predicted octanol–water partition coefficient (Wildman–Crippen LogP) is 3.90. The van der Waals surface area contributed by atoms with Crippen molar-refractivity contribution in [2.75, 3.05) is 0 Å². The van der Waals surface area contributed by atoms with Gasteiger partial charge in [-0.2, -0.15) is 0 Å². The average Bonchev–Trinajstić information content (AvgIpc) is 2.55. The molecule has 2 aromatic rings. The van der Waals surface area contributed by atoms with E-state index in [4.69, 9.17) is 17.3 Å². The molecule has 1 aromatic carbocycles. The zero-order valence-corrected chi connectivity index (χ0v) is 10.6. The molecule has 0 saturated heterocycles. The normalized spacial score (nSPS) is 13.6. The quantitative estimate of drug-likeness (QED) is 0.843. The van der Waals surface area contributed by atoms with E-state index in [2.05, 4.69) is 24.5 Å². The molecule has 0 aliphatic heterocycles. The number of fused-ring (bicyclic) bond motifs is 1. The summed E-state index contributed by atoms with van der Waals surface area (Å²) < 4.78 is 2.26. The van der Waals surface area contributed by atoms with Gasteiger partial charge in [0.25, 0.3) is 0 Å². The van der Waals surface area contributed by atoms with Gasteiger partial charge in [0.05, 0.1) is 0 Å². The van der Waals surface area contributed by atoms with Crippen molar-refractivity contribution < 1.29 is 0 Å². The molecule has 2 rings (SSSR count). The second kappa shape index (κ2) is 4.11. The molecule has 0 aliphatic carbocycles. The number of nitrogens with two attached hydrogens (primary N) is 1. The van der Waals surface area contributed by atoms with Gasteiger partial charge in [0.1, 0.15) is 0 Å². The van der Waals surface area contributed by atoms with Crippen molar-refractivity contribution in [3.05, 3.63) is 35.0 Å². The molecule has 0 amide bonds. The molecular formula is C13H17ClN2. The molecule has 2 N–H and O–H groups in total. The Labute approximate surface area is 101 Å². The van der Waals surface area contributed by atoms with Crippen LogP contribution < -0.4 is 5.73 Å². The Morgan fingerprint density at radius 3 is 2.44 bits per heavy atom. The van der Waals surface area contributed by atoms with Crippen molar-refractivity contribution in [2.24, 2.45) is 5.73 Å². The Balaban J connectivity index is 2.77. The van der Waals surface area contributed by atoms with Crippen LogP contribution in [0.15, 0.2) is 24.3 Å². The van der Waals surface area contributed by atoms with E-state index in [0.29, 0.717) is 6.04 Å². The van der Waals surface area contributed by atoms with Crippen molar-refractivity contribution in [2.45, 2.75) is 32.9 Å². The lowest BCUT2D eigenvalue weighted by Gasteiger charge is -2.16. The number of aromatic nitrogens is 1. The monoisotopic (exact) mass is 236 g/mol. The Morgan fingerprint density at radius 2 is 1.88 bits per heavy atom. The minimum atomic E-state index is 0.0357. The maximum atomic E-state index is 6.04. The Bertz CT molecular complexity index is 512. The van der Waals surface area contributed by atoms with Crippen molar-refractivity contribution >= 4 is 22.5 Å². The summed E-state index contributed by atoms with van der Waals surface area (Å²) in [5, 5.41) is 1.97. The van der Waals surface area contributed by atoms with Crippen LogP contribution in [-0.4, -0.2) is 4.57 Å². The predicted molar refractivity (Wildman–Crippen MR) is 69.9 cm³/mol. The topological polar surface area (TPSA) is 30.9 Å². The molecule has 86 valence electrons. The van der Waals surface area contributed by atoms with E-state index in [1.807, 2.05) is 25.1 Å². The van der Waals surface area contributed by atoms with Crippen molar-refractivity contribution in [3.8, 4) is 0 Å². The highest BCUT2D eigenvalue weighted by atomic mass is 35.5. The van der Waals surface area contributed by atoms with E-state index in [9.17, 15) is 0 Å². The highest BCUT2D eigenvalue weighted by Gasteiger charge is 2.14. The first-order valence-electron chi connectivity index (χ1n) is 5.56. The smallest absolute Gasteiger partial charge is 0.0500 e. The molecule has 2 nitrogen and oxygen atoms in total. The largest absolute Gasteiger partial charge is 0.340 e. The van der Waals surface area contributed by atoms with Gasteiger partial charge in [0.15, 0.2) is 0 Å². The highest BCUT2D eigenvalue weighted by Crippen LogP contribution is 2.29. The van der Waals surface area contributed by atoms with Gasteiger partial charge in [-0.05, 0) is 39.0 Å². The van der Waals surface area contributed by atoms with Crippen LogP contribution >= 0.6 is 11.6 Å². The number of rotatable bonds is 2. The molecule has 0 radical (unpaired) electrons. The Hall–Kier alpha value is -0.990. The van der Waals surface area contributed by atoms with Crippen LogP contribution in [-0.2, 0) is 0 Å². The van der Waals surface area contributed by atoms with Crippen LogP contribution in [0, 0.1) is 0 Å². The molecule has 0 bridgehead atoms. The molecule has 1 heterocycles. The summed E-state index contributed by atoms with van der Waals surface area (Å²) in [6.45, 7) is 6.33. The maximum Gasteiger partial charge on any atom is 0.0500 e. The maximum absolute atomic E-state index is 6.04. The van der Waals surface area contributed by atoms with Crippen molar-refractivity contribution in [1.29, 1.82) is 0 Å². The number of hydrogen-bond donors (Lipinski definition) is 1. The fourth-order valence-corrected chi connectivity index (χ4v) is 2.31. The summed E-state index contributed by atoms with van der Waals surface area (Å²) in [5.41, 5.74) is 8.32. The van der Waals surface area contributed by atoms with E-state index in [0.717, 1.165) is 16.2 Å². The lowest BCUT2D eigenvalue weighted by atomic mass is 10.2. The van der Waals surface area contributed by atoms with Crippen molar-refractivity contribution in [3.63, 3.8) is 0 Å². The Morgan fingerprint density at radius 1 is 1.19 bits per heavy atom. The van der Waals surface area contributed by atoms with E-state index >= 15 is 0 Å². The summed E-state index contributed by atoms with van der Waals surface area (Å²) in [7, 11) is 0. The molecule has 0 spiro atoms. The van der Waals surface area contributed by atoms with Gasteiger partial charge in [-0.1, -0.05) is 17.7 Å². The zero-order chi connectivity index (χ0) is 11.9. The van der Waals surface area contributed by atoms with E-state index in [1.54, 1.807) is 0 Å². The molecule has 0 saturated carbocycles. The van der Waals surface area contributed by atoms with Crippen LogP contribution in [0.3, 0.4) is 0 Å². The van der Waals surface area contributed by atoms with E-state index < -0.39 is 0 Å². The summed E-state index contributed by atoms with van der Waals surface area (Å²) >= 11 is 6.04. The molecule has 1 unspecified atom stereocenters. The molecular weight excluding hydrogens is 220 g/mol. The minimum absolute atomic E-state index is 0.0357. The standard InChI is InChI=1S/C13H17ClN2/c1-8(2)16-12(9(3)15)6-10-4-5-11(14)7-13(10)16/h4-9H,15H2,1-3H3. The Kier molecular flexibility index (Phi) is 2.96. The first-order valence-corrected chi connectivity index (χ1v) is 5.94. The van der Waals surface area contributed by atoms with Gasteiger partial charge in [-0.3, -0.25) is 0 Å². The SMILES string of the molecule is CC(N)c1cc2ccc(Cl)cc2n1C(C)C.